The Kier molecular flexibility index (Phi) is 3.82. The second kappa shape index (κ2) is 5.28. The molecule has 19 heavy (non-hydrogen) atoms. The van der Waals surface area contributed by atoms with Crippen molar-refractivity contribution < 1.29 is 14.3 Å². The SMILES string of the molecule is CC1(C)[C@@H]2OCCC[C@H]2[C@@H]1OC(=O)C1CCSCC1. The third-order valence-corrected chi connectivity index (χ3v) is 6.07. The number of carbonyl (C=O) groups excluding carboxylic acids is 1. The highest BCUT2D eigenvalue weighted by molar-refractivity contribution is 7.99. The zero-order chi connectivity index (χ0) is 13.5. The largest absolute Gasteiger partial charge is 0.461 e. The molecule has 0 aromatic rings. The number of rotatable bonds is 2. The number of ether oxygens (including phenoxy) is 2. The average molecular weight is 284 g/mol. The Labute approximate surface area is 119 Å². The third-order valence-electron chi connectivity index (χ3n) is 5.02. The number of esters is 1. The number of hydrogen-bond donors (Lipinski definition) is 0. The first-order valence-electron chi connectivity index (χ1n) is 7.50. The van der Waals surface area contributed by atoms with Crippen LogP contribution in [0.5, 0.6) is 0 Å². The maximum atomic E-state index is 12.3. The van der Waals surface area contributed by atoms with Gasteiger partial charge in [0.2, 0.25) is 0 Å². The van der Waals surface area contributed by atoms with Gasteiger partial charge in [0.05, 0.1) is 12.0 Å². The lowest BCUT2D eigenvalue weighted by Gasteiger charge is -2.58. The molecular weight excluding hydrogens is 260 g/mol. The summed E-state index contributed by atoms with van der Waals surface area (Å²) in [5.41, 5.74) is -0.00976. The summed E-state index contributed by atoms with van der Waals surface area (Å²) >= 11 is 1.94. The molecule has 0 N–H and O–H groups in total. The molecule has 3 fully saturated rings. The molecule has 0 spiro atoms. The predicted molar refractivity (Wildman–Crippen MR) is 76.2 cm³/mol. The van der Waals surface area contributed by atoms with Crippen molar-refractivity contribution in [2.75, 3.05) is 18.1 Å². The molecule has 3 rings (SSSR count). The van der Waals surface area contributed by atoms with Gasteiger partial charge in [-0.25, -0.2) is 0 Å². The second-order valence-corrected chi connectivity index (χ2v) is 7.89. The van der Waals surface area contributed by atoms with E-state index in [0.717, 1.165) is 43.8 Å². The van der Waals surface area contributed by atoms with Crippen LogP contribution in [0.3, 0.4) is 0 Å². The van der Waals surface area contributed by atoms with E-state index in [1.54, 1.807) is 0 Å². The highest BCUT2D eigenvalue weighted by atomic mass is 32.2. The van der Waals surface area contributed by atoms with E-state index in [1.165, 1.54) is 0 Å². The standard InChI is InChI=1S/C15H24O3S/c1-15(2)12-11(4-3-7-17-12)13(15)18-14(16)10-5-8-19-9-6-10/h10-13H,3-9H2,1-2H3/t11-,12-,13+/m1/s1. The molecule has 0 aromatic carbocycles. The Bertz CT molecular complexity index is 349. The minimum absolute atomic E-state index is 0.00976. The van der Waals surface area contributed by atoms with Gasteiger partial charge in [0.15, 0.2) is 0 Å². The molecule has 0 unspecified atom stereocenters. The summed E-state index contributed by atoms with van der Waals surface area (Å²) < 4.78 is 11.7. The molecule has 3 aliphatic rings. The van der Waals surface area contributed by atoms with Crippen molar-refractivity contribution in [3.05, 3.63) is 0 Å². The van der Waals surface area contributed by atoms with E-state index in [0.29, 0.717) is 12.0 Å². The molecule has 2 saturated heterocycles. The fraction of sp³-hybridized carbons (Fsp3) is 0.933. The normalized spacial score (nSPS) is 38.1. The number of hydrogen-bond acceptors (Lipinski definition) is 4. The van der Waals surface area contributed by atoms with Crippen LogP contribution in [-0.2, 0) is 14.3 Å². The molecule has 2 aliphatic heterocycles. The summed E-state index contributed by atoms with van der Waals surface area (Å²) in [7, 11) is 0. The van der Waals surface area contributed by atoms with Crippen LogP contribution in [0.4, 0.5) is 0 Å². The zero-order valence-corrected chi connectivity index (χ0v) is 12.7. The van der Waals surface area contributed by atoms with E-state index in [1.807, 2.05) is 11.8 Å². The topological polar surface area (TPSA) is 35.5 Å². The van der Waals surface area contributed by atoms with Gasteiger partial charge < -0.3 is 9.47 Å². The van der Waals surface area contributed by atoms with Gasteiger partial charge in [-0.05, 0) is 37.2 Å². The number of fused-ring (bicyclic) bond motifs is 1. The second-order valence-electron chi connectivity index (χ2n) is 6.66. The first-order chi connectivity index (χ1) is 9.10. The van der Waals surface area contributed by atoms with Crippen LogP contribution in [0.15, 0.2) is 0 Å². The monoisotopic (exact) mass is 284 g/mol. The molecule has 0 radical (unpaired) electrons. The Balaban J connectivity index is 1.61. The lowest BCUT2D eigenvalue weighted by molar-refractivity contribution is -0.256. The molecule has 1 aliphatic carbocycles. The fourth-order valence-corrected chi connectivity index (χ4v) is 4.98. The van der Waals surface area contributed by atoms with Crippen molar-refractivity contribution in [2.45, 2.75) is 51.7 Å². The Morgan fingerprint density at radius 1 is 1.26 bits per heavy atom. The van der Waals surface area contributed by atoms with Gasteiger partial charge >= 0.3 is 5.97 Å². The molecule has 0 bridgehead atoms. The van der Waals surface area contributed by atoms with E-state index in [9.17, 15) is 4.79 Å². The molecular formula is C15H24O3S. The minimum atomic E-state index is -0.00976. The van der Waals surface area contributed by atoms with Crippen molar-refractivity contribution in [1.29, 1.82) is 0 Å². The van der Waals surface area contributed by atoms with Gasteiger partial charge in [-0.3, -0.25) is 4.79 Å². The van der Waals surface area contributed by atoms with E-state index >= 15 is 0 Å². The van der Waals surface area contributed by atoms with Gasteiger partial charge in [0.25, 0.3) is 0 Å². The number of thioether (sulfide) groups is 1. The maximum Gasteiger partial charge on any atom is 0.309 e. The van der Waals surface area contributed by atoms with Crippen molar-refractivity contribution in [3.8, 4) is 0 Å². The maximum absolute atomic E-state index is 12.3. The van der Waals surface area contributed by atoms with Crippen LogP contribution in [-0.4, -0.2) is 36.3 Å². The van der Waals surface area contributed by atoms with E-state index < -0.39 is 0 Å². The predicted octanol–water partition coefficient (Wildman–Crippen LogP) is 2.88. The van der Waals surface area contributed by atoms with Crippen LogP contribution in [0, 0.1) is 17.3 Å². The van der Waals surface area contributed by atoms with Crippen LogP contribution in [0.2, 0.25) is 0 Å². The van der Waals surface area contributed by atoms with Crippen molar-refractivity contribution in [3.63, 3.8) is 0 Å². The molecule has 3 atom stereocenters. The first kappa shape index (κ1) is 13.7. The van der Waals surface area contributed by atoms with Gasteiger partial charge in [-0.1, -0.05) is 13.8 Å². The van der Waals surface area contributed by atoms with E-state index in [2.05, 4.69) is 13.8 Å². The highest BCUT2D eigenvalue weighted by Crippen LogP contribution is 2.53. The highest BCUT2D eigenvalue weighted by Gasteiger charge is 2.60. The molecule has 3 nitrogen and oxygen atoms in total. The lowest BCUT2D eigenvalue weighted by atomic mass is 9.56. The average Bonchev–Trinajstić information content (AvgIpc) is 2.45. The first-order valence-corrected chi connectivity index (χ1v) is 8.66. The van der Waals surface area contributed by atoms with Crippen molar-refractivity contribution in [2.24, 2.45) is 17.3 Å². The number of carbonyl (C=O) groups is 1. The molecule has 0 amide bonds. The molecule has 108 valence electrons. The quantitative estimate of drug-likeness (QED) is 0.731. The fourth-order valence-electron chi connectivity index (χ4n) is 3.87. The third kappa shape index (κ3) is 2.42. The summed E-state index contributed by atoms with van der Waals surface area (Å²) in [5.74, 6) is 2.82. The van der Waals surface area contributed by atoms with E-state index in [-0.39, 0.29) is 23.4 Å². The Hall–Kier alpha value is -0.220. The summed E-state index contributed by atoms with van der Waals surface area (Å²) in [5, 5.41) is 0. The molecule has 2 heterocycles. The van der Waals surface area contributed by atoms with Crippen LogP contribution in [0.25, 0.3) is 0 Å². The van der Waals surface area contributed by atoms with E-state index in [4.69, 9.17) is 9.47 Å². The van der Waals surface area contributed by atoms with Gasteiger partial charge in [0.1, 0.15) is 6.10 Å². The molecule has 1 saturated carbocycles. The van der Waals surface area contributed by atoms with Crippen molar-refractivity contribution >= 4 is 17.7 Å². The van der Waals surface area contributed by atoms with Crippen LogP contribution < -0.4 is 0 Å². The van der Waals surface area contributed by atoms with Crippen molar-refractivity contribution in [1.82, 2.24) is 0 Å². The zero-order valence-electron chi connectivity index (χ0n) is 11.9. The Morgan fingerprint density at radius 2 is 2.00 bits per heavy atom. The molecule has 0 aromatic heterocycles. The smallest absolute Gasteiger partial charge is 0.309 e. The Morgan fingerprint density at radius 3 is 2.74 bits per heavy atom. The minimum Gasteiger partial charge on any atom is -0.461 e. The van der Waals surface area contributed by atoms with Gasteiger partial charge in [-0.15, -0.1) is 0 Å². The molecule has 4 heteroatoms. The van der Waals surface area contributed by atoms with Gasteiger partial charge in [0, 0.05) is 17.9 Å². The summed E-state index contributed by atoms with van der Waals surface area (Å²) in [6, 6.07) is 0. The van der Waals surface area contributed by atoms with Crippen LogP contribution >= 0.6 is 11.8 Å². The van der Waals surface area contributed by atoms with Crippen LogP contribution in [0.1, 0.15) is 39.5 Å². The lowest BCUT2D eigenvalue weighted by Crippen LogP contribution is -2.65. The summed E-state index contributed by atoms with van der Waals surface area (Å²) in [6.45, 7) is 5.22. The summed E-state index contributed by atoms with van der Waals surface area (Å²) in [6.07, 6.45) is 4.58. The summed E-state index contributed by atoms with van der Waals surface area (Å²) in [4.78, 5) is 12.3. The van der Waals surface area contributed by atoms with Gasteiger partial charge in [-0.2, -0.15) is 11.8 Å².